The Balaban J connectivity index is 1.30. The van der Waals surface area contributed by atoms with Crippen molar-refractivity contribution >= 4 is 40.4 Å². The number of carbonyl (C=O) groups excluding carboxylic acids is 1. The van der Waals surface area contributed by atoms with Crippen LogP contribution in [0.25, 0.3) is 6.08 Å². The van der Waals surface area contributed by atoms with Gasteiger partial charge in [-0.25, -0.2) is 0 Å². The van der Waals surface area contributed by atoms with Gasteiger partial charge in [0.1, 0.15) is 17.4 Å². The number of nitriles is 1. The van der Waals surface area contributed by atoms with Crippen molar-refractivity contribution in [1.82, 2.24) is 13.9 Å². The Morgan fingerprint density at radius 1 is 1.19 bits per heavy atom. The molecule has 0 fully saturated rings. The minimum Gasteiger partial charge on any atom is -0.494 e. The second-order valence-corrected chi connectivity index (χ2v) is 9.62. The van der Waals surface area contributed by atoms with Crippen LogP contribution in [0.2, 0.25) is 0 Å². The molecule has 0 radical (unpaired) electrons. The topological polar surface area (TPSA) is 92.8 Å². The van der Waals surface area contributed by atoms with Gasteiger partial charge in [0.15, 0.2) is 0 Å². The van der Waals surface area contributed by atoms with E-state index in [0.29, 0.717) is 23.4 Å². The molecule has 2 aromatic heterocycles. The lowest BCUT2D eigenvalue weighted by atomic mass is 10.2. The second-order valence-electron chi connectivity index (χ2n) is 7.93. The number of thioether (sulfide) groups is 1. The van der Waals surface area contributed by atoms with E-state index in [4.69, 9.17) is 4.74 Å². The minimum atomic E-state index is -0.510. The first-order chi connectivity index (χ1) is 17.6. The molecule has 0 atom stereocenters. The monoisotopic (exact) mass is 515 g/mol. The second kappa shape index (κ2) is 12.7. The highest BCUT2D eigenvalue weighted by molar-refractivity contribution is 7.98. The van der Waals surface area contributed by atoms with Gasteiger partial charge in [-0.1, -0.05) is 54.2 Å². The summed E-state index contributed by atoms with van der Waals surface area (Å²) in [5.41, 5.74) is 3.10. The number of amides is 1. The normalized spacial score (nSPS) is 11.2. The highest BCUT2D eigenvalue weighted by atomic mass is 32.2. The largest absolute Gasteiger partial charge is 0.494 e. The fourth-order valence-electron chi connectivity index (χ4n) is 3.39. The molecule has 182 valence electrons. The van der Waals surface area contributed by atoms with Crippen molar-refractivity contribution in [3.8, 4) is 11.8 Å². The lowest BCUT2D eigenvalue weighted by Gasteiger charge is -2.09. The number of aromatic nitrogens is 3. The zero-order valence-corrected chi connectivity index (χ0v) is 21.4. The molecule has 4 aromatic rings. The lowest BCUT2D eigenvalue weighted by molar-refractivity contribution is -0.112. The van der Waals surface area contributed by atoms with E-state index in [0.717, 1.165) is 40.7 Å². The van der Waals surface area contributed by atoms with Crippen LogP contribution in [-0.2, 0) is 17.1 Å². The van der Waals surface area contributed by atoms with E-state index in [2.05, 4.69) is 14.7 Å². The molecular formula is C27H25N5O2S2. The average Bonchev–Trinajstić information content (AvgIpc) is 3.53. The van der Waals surface area contributed by atoms with Crippen molar-refractivity contribution in [3.05, 3.63) is 95.3 Å². The first-order valence-corrected chi connectivity index (χ1v) is 13.1. The summed E-state index contributed by atoms with van der Waals surface area (Å²) in [4.78, 5) is 17.1. The third kappa shape index (κ3) is 7.31. The molecule has 0 saturated heterocycles. The van der Waals surface area contributed by atoms with Crippen LogP contribution < -0.4 is 10.1 Å². The molecule has 0 bridgehead atoms. The molecule has 4 rings (SSSR count). The van der Waals surface area contributed by atoms with Crippen molar-refractivity contribution in [2.45, 2.75) is 30.8 Å². The van der Waals surface area contributed by atoms with Crippen LogP contribution in [0.4, 0.5) is 5.13 Å². The predicted molar refractivity (Wildman–Crippen MR) is 144 cm³/mol. The van der Waals surface area contributed by atoms with Gasteiger partial charge in [0, 0.05) is 35.7 Å². The number of carbonyl (C=O) groups is 1. The van der Waals surface area contributed by atoms with Crippen LogP contribution in [0, 0.1) is 18.3 Å². The molecule has 0 aliphatic carbocycles. The van der Waals surface area contributed by atoms with Crippen molar-refractivity contribution in [1.29, 1.82) is 5.26 Å². The maximum Gasteiger partial charge on any atom is 0.268 e. The van der Waals surface area contributed by atoms with Crippen LogP contribution in [0.5, 0.6) is 5.75 Å². The van der Waals surface area contributed by atoms with E-state index in [1.807, 2.05) is 90.5 Å². The fraction of sp³-hybridized carbons (Fsp3) is 0.185. The Morgan fingerprint density at radius 2 is 2.06 bits per heavy atom. The van der Waals surface area contributed by atoms with Crippen LogP contribution in [0.3, 0.4) is 0 Å². The number of anilines is 1. The first-order valence-electron chi connectivity index (χ1n) is 11.4. The minimum absolute atomic E-state index is 0.000325. The molecule has 2 heterocycles. The molecular weight excluding hydrogens is 490 g/mol. The standard InChI is InChI=1S/C27H25N5O2S2/c1-20-8-5-12-24(16-20)34-15-7-14-32-13-6-11-23(32)17-22(18-28)25(33)29-26-30-27(31-36-26)35-19-21-9-3-2-4-10-21/h2-6,8-13,16-17H,7,14-15,19H2,1H3,(H,29,30,31,33)/b22-17-. The third-order valence-corrected chi connectivity index (χ3v) is 6.83. The van der Waals surface area contributed by atoms with Gasteiger partial charge in [0.05, 0.1) is 6.61 Å². The summed E-state index contributed by atoms with van der Waals surface area (Å²) in [6.45, 7) is 3.30. The van der Waals surface area contributed by atoms with Crippen molar-refractivity contribution in [3.63, 3.8) is 0 Å². The van der Waals surface area contributed by atoms with E-state index in [9.17, 15) is 10.1 Å². The average molecular weight is 516 g/mol. The summed E-state index contributed by atoms with van der Waals surface area (Å²) in [6, 6.07) is 23.7. The summed E-state index contributed by atoms with van der Waals surface area (Å²) < 4.78 is 12.1. The number of rotatable bonds is 11. The Bertz CT molecular complexity index is 1370. The molecule has 2 aromatic carbocycles. The number of benzene rings is 2. The van der Waals surface area contributed by atoms with E-state index >= 15 is 0 Å². The van der Waals surface area contributed by atoms with Gasteiger partial charge in [0.25, 0.3) is 5.91 Å². The molecule has 9 heteroatoms. The fourth-order valence-corrected chi connectivity index (χ4v) is 4.89. The number of ether oxygens (including phenoxy) is 1. The zero-order valence-electron chi connectivity index (χ0n) is 19.8. The van der Waals surface area contributed by atoms with E-state index in [1.54, 1.807) is 6.08 Å². The number of nitrogens with zero attached hydrogens (tertiary/aromatic N) is 4. The van der Waals surface area contributed by atoms with Gasteiger partial charge in [0.2, 0.25) is 10.3 Å². The van der Waals surface area contributed by atoms with Gasteiger partial charge in [-0.3, -0.25) is 10.1 Å². The quantitative estimate of drug-likeness (QED) is 0.115. The molecule has 7 nitrogen and oxygen atoms in total. The van der Waals surface area contributed by atoms with E-state index in [1.165, 1.54) is 17.3 Å². The summed E-state index contributed by atoms with van der Waals surface area (Å²) in [5, 5.41) is 13.2. The van der Waals surface area contributed by atoms with Crippen LogP contribution in [0.1, 0.15) is 23.2 Å². The van der Waals surface area contributed by atoms with Gasteiger partial charge < -0.3 is 9.30 Å². The number of aryl methyl sites for hydroxylation is 2. The van der Waals surface area contributed by atoms with Gasteiger partial charge in [-0.2, -0.15) is 14.6 Å². The number of hydrogen-bond donors (Lipinski definition) is 1. The maximum atomic E-state index is 12.7. The van der Waals surface area contributed by atoms with Gasteiger partial charge in [-0.15, -0.1) is 0 Å². The van der Waals surface area contributed by atoms with Crippen molar-refractivity contribution in [2.24, 2.45) is 0 Å². The van der Waals surface area contributed by atoms with E-state index in [-0.39, 0.29) is 5.57 Å². The summed E-state index contributed by atoms with van der Waals surface area (Å²) in [5.74, 6) is 1.08. The summed E-state index contributed by atoms with van der Waals surface area (Å²) in [7, 11) is 0. The highest BCUT2D eigenvalue weighted by Gasteiger charge is 2.14. The molecule has 1 amide bonds. The Hall–Kier alpha value is -3.87. The molecule has 1 N–H and O–H groups in total. The smallest absolute Gasteiger partial charge is 0.268 e. The Kier molecular flexibility index (Phi) is 8.92. The van der Waals surface area contributed by atoms with Crippen LogP contribution in [-0.4, -0.2) is 26.4 Å². The summed E-state index contributed by atoms with van der Waals surface area (Å²) in [6.07, 6.45) is 4.29. The molecule has 36 heavy (non-hydrogen) atoms. The molecule has 0 aliphatic rings. The van der Waals surface area contributed by atoms with Gasteiger partial charge >= 0.3 is 0 Å². The van der Waals surface area contributed by atoms with Crippen LogP contribution in [0.15, 0.2) is 83.7 Å². The zero-order chi connectivity index (χ0) is 25.2. The molecule has 0 aliphatic heterocycles. The van der Waals surface area contributed by atoms with E-state index < -0.39 is 5.91 Å². The van der Waals surface area contributed by atoms with Crippen molar-refractivity contribution in [2.75, 3.05) is 11.9 Å². The molecule has 0 saturated carbocycles. The maximum absolute atomic E-state index is 12.7. The number of hydrogen-bond acceptors (Lipinski definition) is 7. The molecule has 0 spiro atoms. The number of nitrogens with one attached hydrogen (secondary N) is 1. The predicted octanol–water partition coefficient (Wildman–Crippen LogP) is 5.96. The Morgan fingerprint density at radius 3 is 2.86 bits per heavy atom. The SMILES string of the molecule is Cc1cccc(OCCCn2cccc2/C=C(/C#N)C(=O)Nc2nc(SCc3ccccc3)ns2)c1. The highest BCUT2D eigenvalue weighted by Crippen LogP contribution is 2.24. The Labute approximate surface area is 218 Å². The van der Waals surface area contributed by atoms with Crippen LogP contribution >= 0.6 is 23.3 Å². The van der Waals surface area contributed by atoms with Gasteiger partial charge in [-0.05, 0) is 54.8 Å². The third-order valence-electron chi connectivity index (χ3n) is 5.16. The van der Waals surface area contributed by atoms with Crippen molar-refractivity contribution < 1.29 is 9.53 Å². The summed E-state index contributed by atoms with van der Waals surface area (Å²) >= 11 is 2.59. The lowest BCUT2D eigenvalue weighted by Crippen LogP contribution is -2.13. The first kappa shape index (κ1) is 25.2. The molecule has 0 unspecified atom stereocenters.